The number of thioether (sulfide) groups is 1. The van der Waals surface area contributed by atoms with Gasteiger partial charge in [0.05, 0.1) is 29.1 Å². The van der Waals surface area contributed by atoms with Crippen LogP contribution < -0.4 is 0 Å². The van der Waals surface area contributed by atoms with E-state index in [1.54, 1.807) is 4.90 Å². The van der Waals surface area contributed by atoms with Gasteiger partial charge in [-0.1, -0.05) is 62.9 Å². The number of rotatable bonds is 9. The fourth-order valence-corrected chi connectivity index (χ4v) is 6.44. The summed E-state index contributed by atoms with van der Waals surface area (Å²) in [7, 11) is -3.02. The van der Waals surface area contributed by atoms with E-state index in [-0.39, 0.29) is 29.2 Å². The largest absolute Gasteiger partial charge is 0.338 e. The van der Waals surface area contributed by atoms with Gasteiger partial charge < -0.3 is 9.47 Å². The van der Waals surface area contributed by atoms with E-state index in [9.17, 15) is 13.2 Å². The maximum absolute atomic E-state index is 13.0. The molecule has 0 radical (unpaired) electrons. The van der Waals surface area contributed by atoms with Gasteiger partial charge in [0.1, 0.15) is 0 Å². The molecule has 1 fully saturated rings. The van der Waals surface area contributed by atoms with Crippen molar-refractivity contribution in [1.29, 1.82) is 0 Å². The predicted octanol–water partition coefficient (Wildman–Crippen LogP) is 3.72. The number of carbonyl (C=O) groups excluding carboxylic acids is 1. The average Bonchev–Trinajstić information content (AvgIpc) is 3.27. The monoisotopic (exact) mass is 449 g/mol. The zero-order chi connectivity index (χ0) is 21.7. The van der Waals surface area contributed by atoms with E-state index < -0.39 is 9.84 Å². The predicted molar refractivity (Wildman–Crippen MR) is 122 cm³/mol. The third-order valence-electron chi connectivity index (χ3n) is 5.20. The molecule has 1 aromatic heterocycles. The summed E-state index contributed by atoms with van der Waals surface area (Å²) in [5, 5.41) is 0.825. The molecule has 0 unspecified atom stereocenters. The summed E-state index contributed by atoms with van der Waals surface area (Å²) in [5.74, 6) is 0.960. The molecule has 30 heavy (non-hydrogen) atoms. The molecule has 0 N–H and O–H groups in total. The Morgan fingerprint density at radius 3 is 2.63 bits per heavy atom. The van der Waals surface area contributed by atoms with Crippen LogP contribution in [0.5, 0.6) is 0 Å². The number of hydrogen-bond donors (Lipinski definition) is 0. The van der Waals surface area contributed by atoms with Crippen LogP contribution in [0.2, 0.25) is 0 Å². The molecule has 0 saturated carbocycles. The Hall–Kier alpha value is -1.80. The van der Waals surface area contributed by atoms with Crippen molar-refractivity contribution in [1.82, 2.24) is 14.5 Å². The van der Waals surface area contributed by atoms with Crippen molar-refractivity contribution in [2.45, 2.75) is 51.4 Å². The van der Waals surface area contributed by atoms with Gasteiger partial charge in [0.2, 0.25) is 5.91 Å². The van der Waals surface area contributed by atoms with Crippen LogP contribution in [0.4, 0.5) is 0 Å². The summed E-state index contributed by atoms with van der Waals surface area (Å²) in [4.78, 5) is 19.4. The van der Waals surface area contributed by atoms with Crippen LogP contribution in [0.15, 0.2) is 41.7 Å². The van der Waals surface area contributed by atoms with Crippen LogP contribution in [0, 0.1) is 5.92 Å². The van der Waals surface area contributed by atoms with Crippen LogP contribution in [0.3, 0.4) is 0 Å². The number of sulfone groups is 1. The van der Waals surface area contributed by atoms with Crippen LogP contribution in [0.25, 0.3) is 11.3 Å². The zero-order valence-corrected chi connectivity index (χ0v) is 19.6. The van der Waals surface area contributed by atoms with E-state index in [0.717, 1.165) is 29.4 Å². The summed E-state index contributed by atoms with van der Waals surface area (Å²) in [6, 6.07) is 9.95. The van der Waals surface area contributed by atoms with Crippen molar-refractivity contribution in [3.05, 3.63) is 36.5 Å². The Morgan fingerprint density at radius 2 is 2.03 bits per heavy atom. The Labute approximate surface area is 184 Å². The molecule has 0 bridgehead atoms. The van der Waals surface area contributed by atoms with Crippen LogP contribution in [0.1, 0.15) is 33.6 Å². The molecule has 1 aliphatic rings. The zero-order valence-electron chi connectivity index (χ0n) is 18.0. The summed E-state index contributed by atoms with van der Waals surface area (Å²) >= 11 is 1.44. The second-order valence-electron chi connectivity index (χ2n) is 8.23. The van der Waals surface area contributed by atoms with Crippen molar-refractivity contribution in [2.75, 3.05) is 23.8 Å². The highest BCUT2D eigenvalue weighted by Crippen LogP contribution is 2.28. The lowest BCUT2D eigenvalue weighted by Crippen LogP contribution is -2.42. The highest BCUT2D eigenvalue weighted by atomic mass is 32.2. The van der Waals surface area contributed by atoms with Gasteiger partial charge in [-0.15, -0.1) is 0 Å². The number of hydrogen-bond acceptors (Lipinski definition) is 5. The van der Waals surface area contributed by atoms with Gasteiger partial charge in [-0.3, -0.25) is 4.79 Å². The molecule has 8 heteroatoms. The molecular weight excluding hydrogens is 418 g/mol. The summed E-state index contributed by atoms with van der Waals surface area (Å²) in [6.07, 6.45) is 3.23. The number of aromatic nitrogens is 2. The maximum atomic E-state index is 13.0. The topological polar surface area (TPSA) is 72.3 Å². The summed E-state index contributed by atoms with van der Waals surface area (Å²) in [6.45, 7) is 7.75. The second kappa shape index (κ2) is 10.0. The Bertz CT molecular complexity index is 955. The number of benzene rings is 1. The fraction of sp³-hybridized carbons (Fsp3) is 0.545. The molecule has 1 amide bonds. The van der Waals surface area contributed by atoms with Crippen molar-refractivity contribution < 1.29 is 13.2 Å². The molecule has 0 aliphatic carbocycles. The average molecular weight is 450 g/mol. The van der Waals surface area contributed by atoms with Crippen molar-refractivity contribution in [2.24, 2.45) is 5.92 Å². The molecule has 1 aliphatic heterocycles. The third-order valence-corrected chi connectivity index (χ3v) is 7.92. The smallest absolute Gasteiger partial charge is 0.233 e. The fourth-order valence-electron chi connectivity index (χ4n) is 3.84. The van der Waals surface area contributed by atoms with Crippen LogP contribution in [-0.4, -0.2) is 58.6 Å². The summed E-state index contributed by atoms with van der Waals surface area (Å²) in [5.41, 5.74) is 2.15. The molecule has 2 aromatic rings. The minimum Gasteiger partial charge on any atom is -0.338 e. The van der Waals surface area contributed by atoms with E-state index in [1.165, 1.54) is 11.8 Å². The first-order chi connectivity index (χ1) is 14.3. The number of imidazole rings is 1. The molecule has 2 heterocycles. The molecule has 0 spiro atoms. The number of nitrogens with zero attached hydrogens (tertiary/aromatic N) is 3. The molecule has 6 nitrogen and oxygen atoms in total. The maximum Gasteiger partial charge on any atom is 0.233 e. The number of carbonyl (C=O) groups is 1. The minimum absolute atomic E-state index is 0.00990. The standard InChI is InChI=1S/C22H31N3O3S2/c1-4-11-24(19-10-12-30(27,28)16-19)21(26)15-29-22-23-13-20(25(22)14-17(2)3)18-8-6-5-7-9-18/h5-9,13,17,19H,4,10-12,14-16H2,1-3H3/t19-/m0/s1. The quantitative estimate of drug-likeness (QED) is 0.546. The van der Waals surface area contributed by atoms with Crippen molar-refractivity contribution in [3.63, 3.8) is 0 Å². The lowest BCUT2D eigenvalue weighted by molar-refractivity contribution is -0.130. The molecular formula is C22H31N3O3S2. The highest BCUT2D eigenvalue weighted by molar-refractivity contribution is 7.99. The first kappa shape index (κ1) is 22.9. The van der Waals surface area contributed by atoms with E-state index in [0.29, 0.717) is 18.9 Å². The molecule has 3 rings (SSSR count). The summed E-state index contributed by atoms with van der Waals surface area (Å²) < 4.78 is 25.9. The normalized spacial score (nSPS) is 18.1. The second-order valence-corrected chi connectivity index (χ2v) is 11.4. The van der Waals surface area contributed by atoms with E-state index in [1.807, 2.05) is 31.3 Å². The van der Waals surface area contributed by atoms with E-state index >= 15 is 0 Å². The minimum atomic E-state index is -3.02. The molecule has 164 valence electrons. The Morgan fingerprint density at radius 1 is 1.30 bits per heavy atom. The van der Waals surface area contributed by atoms with Gasteiger partial charge >= 0.3 is 0 Å². The van der Waals surface area contributed by atoms with Gasteiger partial charge in [0, 0.05) is 19.1 Å². The van der Waals surface area contributed by atoms with Crippen LogP contribution in [-0.2, 0) is 21.2 Å². The lowest BCUT2D eigenvalue weighted by atomic mass is 10.1. The molecule has 1 aromatic carbocycles. The Balaban J connectivity index is 1.75. The third kappa shape index (κ3) is 5.66. The molecule has 1 atom stereocenters. The van der Waals surface area contributed by atoms with Gasteiger partial charge in [-0.25, -0.2) is 13.4 Å². The molecule has 1 saturated heterocycles. The van der Waals surface area contributed by atoms with Crippen molar-refractivity contribution in [3.8, 4) is 11.3 Å². The van der Waals surface area contributed by atoms with Gasteiger partial charge in [0.25, 0.3) is 0 Å². The van der Waals surface area contributed by atoms with E-state index in [4.69, 9.17) is 0 Å². The number of amides is 1. The first-order valence-electron chi connectivity index (χ1n) is 10.5. The van der Waals surface area contributed by atoms with Gasteiger partial charge in [0.15, 0.2) is 15.0 Å². The van der Waals surface area contributed by atoms with E-state index in [2.05, 4.69) is 35.5 Å². The van der Waals surface area contributed by atoms with Crippen molar-refractivity contribution >= 4 is 27.5 Å². The van der Waals surface area contributed by atoms with Gasteiger partial charge in [-0.05, 0) is 24.3 Å². The lowest BCUT2D eigenvalue weighted by Gasteiger charge is -2.27. The van der Waals surface area contributed by atoms with Gasteiger partial charge in [-0.2, -0.15) is 0 Å². The van der Waals surface area contributed by atoms with Crippen LogP contribution >= 0.6 is 11.8 Å². The Kier molecular flexibility index (Phi) is 7.63. The SMILES string of the molecule is CCCN(C(=O)CSc1ncc(-c2ccccc2)n1CC(C)C)[C@H]1CCS(=O)(=O)C1. The first-order valence-corrected chi connectivity index (χ1v) is 13.3. The highest BCUT2D eigenvalue weighted by Gasteiger charge is 2.34.